The fourth-order valence-electron chi connectivity index (χ4n) is 1.14. The Morgan fingerprint density at radius 2 is 2.06 bits per heavy atom. The number of hydrogen-bond donors (Lipinski definition) is 1. The van der Waals surface area contributed by atoms with Gasteiger partial charge in [0.25, 0.3) is 0 Å². The molecule has 1 amide bonds. The minimum Gasteiger partial charge on any atom is -0.345 e. The SMILES string of the molecule is CCCC(=O)NCC#Cc1ccc(F)cc1. The Balaban J connectivity index is 2.38. The largest absolute Gasteiger partial charge is 0.345 e. The molecule has 84 valence electrons. The highest BCUT2D eigenvalue weighted by atomic mass is 19.1. The maximum atomic E-state index is 12.6. The average molecular weight is 219 g/mol. The van der Waals surface area contributed by atoms with E-state index in [2.05, 4.69) is 17.2 Å². The summed E-state index contributed by atoms with van der Waals surface area (Å²) in [6.07, 6.45) is 1.36. The number of rotatable bonds is 3. The van der Waals surface area contributed by atoms with E-state index in [-0.39, 0.29) is 11.7 Å². The third-order valence-electron chi connectivity index (χ3n) is 1.93. The van der Waals surface area contributed by atoms with Crippen LogP contribution in [-0.2, 0) is 4.79 Å². The van der Waals surface area contributed by atoms with Crippen LogP contribution in [0, 0.1) is 17.7 Å². The Kier molecular flexibility index (Phi) is 5.07. The van der Waals surface area contributed by atoms with Crippen molar-refractivity contribution >= 4 is 5.91 Å². The summed E-state index contributed by atoms with van der Waals surface area (Å²) in [4.78, 5) is 11.1. The van der Waals surface area contributed by atoms with Crippen molar-refractivity contribution < 1.29 is 9.18 Å². The van der Waals surface area contributed by atoms with Crippen molar-refractivity contribution in [2.24, 2.45) is 0 Å². The second-order valence-electron chi connectivity index (χ2n) is 3.34. The number of hydrogen-bond acceptors (Lipinski definition) is 1. The molecule has 0 heterocycles. The van der Waals surface area contributed by atoms with Gasteiger partial charge in [-0.1, -0.05) is 18.8 Å². The summed E-state index contributed by atoms with van der Waals surface area (Å²) in [6, 6.07) is 5.94. The lowest BCUT2D eigenvalue weighted by Crippen LogP contribution is -2.22. The van der Waals surface area contributed by atoms with E-state index in [1.807, 2.05) is 6.92 Å². The van der Waals surface area contributed by atoms with Crippen LogP contribution in [0.4, 0.5) is 4.39 Å². The normalized spacial score (nSPS) is 9.12. The number of carbonyl (C=O) groups excluding carboxylic acids is 1. The van der Waals surface area contributed by atoms with Crippen molar-refractivity contribution in [3.63, 3.8) is 0 Å². The van der Waals surface area contributed by atoms with Gasteiger partial charge in [0.05, 0.1) is 6.54 Å². The lowest BCUT2D eigenvalue weighted by Gasteiger charge is -1.97. The van der Waals surface area contributed by atoms with Crippen LogP contribution in [0.5, 0.6) is 0 Å². The Bertz CT molecular complexity index is 400. The van der Waals surface area contributed by atoms with Crippen LogP contribution in [0.25, 0.3) is 0 Å². The number of nitrogens with one attached hydrogen (secondary N) is 1. The van der Waals surface area contributed by atoms with Gasteiger partial charge in [0, 0.05) is 12.0 Å². The molecule has 16 heavy (non-hydrogen) atoms. The monoisotopic (exact) mass is 219 g/mol. The van der Waals surface area contributed by atoms with Crippen molar-refractivity contribution in [1.82, 2.24) is 5.32 Å². The molecule has 0 aromatic heterocycles. The van der Waals surface area contributed by atoms with E-state index < -0.39 is 0 Å². The van der Waals surface area contributed by atoms with Gasteiger partial charge in [0.2, 0.25) is 5.91 Å². The number of carbonyl (C=O) groups is 1. The van der Waals surface area contributed by atoms with E-state index in [1.54, 1.807) is 12.1 Å². The summed E-state index contributed by atoms with van der Waals surface area (Å²) >= 11 is 0. The maximum absolute atomic E-state index is 12.6. The van der Waals surface area contributed by atoms with Gasteiger partial charge in [-0.05, 0) is 30.7 Å². The Morgan fingerprint density at radius 3 is 2.69 bits per heavy atom. The number of halogens is 1. The van der Waals surface area contributed by atoms with Crippen LogP contribution >= 0.6 is 0 Å². The molecule has 0 saturated heterocycles. The quantitative estimate of drug-likeness (QED) is 0.775. The molecule has 0 saturated carbocycles. The topological polar surface area (TPSA) is 29.1 Å². The molecule has 0 bridgehead atoms. The summed E-state index contributed by atoms with van der Waals surface area (Å²) in [7, 11) is 0. The molecule has 1 aromatic carbocycles. The Labute approximate surface area is 94.9 Å². The van der Waals surface area contributed by atoms with Crippen LogP contribution in [0.15, 0.2) is 24.3 Å². The van der Waals surface area contributed by atoms with Crippen LogP contribution in [-0.4, -0.2) is 12.5 Å². The molecule has 1 N–H and O–H groups in total. The van der Waals surface area contributed by atoms with E-state index in [1.165, 1.54) is 12.1 Å². The number of benzene rings is 1. The molecule has 0 atom stereocenters. The van der Waals surface area contributed by atoms with Crippen molar-refractivity contribution in [2.75, 3.05) is 6.54 Å². The molecule has 0 aliphatic carbocycles. The summed E-state index contributed by atoms with van der Waals surface area (Å²) in [6.45, 7) is 2.28. The lowest BCUT2D eigenvalue weighted by atomic mass is 10.2. The zero-order valence-electron chi connectivity index (χ0n) is 9.22. The highest BCUT2D eigenvalue weighted by molar-refractivity contribution is 5.76. The minimum atomic E-state index is -0.276. The van der Waals surface area contributed by atoms with Crippen LogP contribution in [0.3, 0.4) is 0 Å². The molecule has 1 aromatic rings. The van der Waals surface area contributed by atoms with Crippen molar-refractivity contribution in [2.45, 2.75) is 19.8 Å². The third kappa shape index (κ3) is 4.61. The van der Waals surface area contributed by atoms with Crippen molar-refractivity contribution in [1.29, 1.82) is 0 Å². The first-order valence-corrected chi connectivity index (χ1v) is 5.23. The first-order valence-electron chi connectivity index (χ1n) is 5.23. The molecular weight excluding hydrogens is 205 g/mol. The highest BCUT2D eigenvalue weighted by Gasteiger charge is 1.94. The third-order valence-corrected chi connectivity index (χ3v) is 1.93. The Hall–Kier alpha value is -1.82. The first-order chi connectivity index (χ1) is 7.72. The van der Waals surface area contributed by atoms with Gasteiger partial charge < -0.3 is 5.32 Å². The Morgan fingerprint density at radius 1 is 1.38 bits per heavy atom. The molecule has 0 fully saturated rings. The zero-order valence-corrected chi connectivity index (χ0v) is 9.22. The smallest absolute Gasteiger partial charge is 0.220 e. The van der Waals surface area contributed by atoms with Gasteiger partial charge in [0.15, 0.2) is 0 Å². The molecule has 0 unspecified atom stereocenters. The van der Waals surface area contributed by atoms with E-state index in [0.29, 0.717) is 13.0 Å². The summed E-state index contributed by atoms with van der Waals surface area (Å²) < 4.78 is 12.6. The minimum absolute atomic E-state index is 0.0101. The standard InChI is InChI=1S/C13H14FNO/c1-2-4-13(16)15-10-3-5-11-6-8-12(14)9-7-11/h6-9H,2,4,10H2,1H3,(H,15,16). The molecule has 0 aliphatic rings. The summed E-state index contributed by atoms with van der Waals surface area (Å²) in [5, 5.41) is 2.68. The van der Waals surface area contributed by atoms with E-state index >= 15 is 0 Å². The average Bonchev–Trinajstić information content (AvgIpc) is 2.27. The van der Waals surface area contributed by atoms with Gasteiger partial charge in [-0.15, -0.1) is 0 Å². The fraction of sp³-hybridized carbons (Fsp3) is 0.308. The first kappa shape index (κ1) is 12.3. The molecule has 0 aliphatic heterocycles. The fourth-order valence-corrected chi connectivity index (χ4v) is 1.14. The maximum Gasteiger partial charge on any atom is 0.220 e. The summed E-state index contributed by atoms with van der Waals surface area (Å²) in [5.41, 5.74) is 0.742. The van der Waals surface area contributed by atoms with E-state index in [9.17, 15) is 9.18 Å². The molecule has 1 rings (SSSR count). The van der Waals surface area contributed by atoms with Gasteiger partial charge in [0.1, 0.15) is 5.82 Å². The predicted octanol–water partition coefficient (Wildman–Crippen LogP) is 2.09. The van der Waals surface area contributed by atoms with Gasteiger partial charge in [-0.25, -0.2) is 4.39 Å². The van der Waals surface area contributed by atoms with Crippen LogP contribution in [0.2, 0.25) is 0 Å². The van der Waals surface area contributed by atoms with E-state index in [0.717, 1.165) is 12.0 Å². The highest BCUT2D eigenvalue weighted by Crippen LogP contribution is 2.00. The molecular formula is C13H14FNO. The van der Waals surface area contributed by atoms with Gasteiger partial charge in [-0.3, -0.25) is 4.79 Å². The molecule has 3 heteroatoms. The summed E-state index contributed by atoms with van der Waals surface area (Å²) in [5.74, 6) is 5.38. The van der Waals surface area contributed by atoms with E-state index in [4.69, 9.17) is 0 Å². The van der Waals surface area contributed by atoms with Gasteiger partial charge >= 0.3 is 0 Å². The van der Waals surface area contributed by atoms with Crippen LogP contribution in [0.1, 0.15) is 25.3 Å². The van der Waals surface area contributed by atoms with Gasteiger partial charge in [-0.2, -0.15) is 0 Å². The molecule has 2 nitrogen and oxygen atoms in total. The molecule has 0 radical (unpaired) electrons. The zero-order chi connectivity index (χ0) is 11.8. The second kappa shape index (κ2) is 6.62. The predicted molar refractivity (Wildman–Crippen MR) is 61.2 cm³/mol. The van der Waals surface area contributed by atoms with Crippen LogP contribution < -0.4 is 5.32 Å². The second-order valence-corrected chi connectivity index (χ2v) is 3.34. The lowest BCUT2D eigenvalue weighted by molar-refractivity contribution is -0.120. The van der Waals surface area contributed by atoms with Crippen molar-refractivity contribution in [3.05, 3.63) is 35.6 Å². The number of amides is 1. The molecule has 0 spiro atoms. The van der Waals surface area contributed by atoms with Crippen molar-refractivity contribution in [3.8, 4) is 11.8 Å².